The minimum atomic E-state index is -0.692. The maximum absolute atomic E-state index is 12.9. The van der Waals surface area contributed by atoms with Crippen LogP contribution in [0.2, 0.25) is 0 Å². The maximum atomic E-state index is 12.9. The van der Waals surface area contributed by atoms with E-state index in [1.165, 1.54) is 18.2 Å². The number of para-hydroxylation sites is 1. The summed E-state index contributed by atoms with van der Waals surface area (Å²) < 4.78 is 0. The molecule has 0 unspecified atom stereocenters. The van der Waals surface area contributed by atoms with E-state index in [0.717, 1.165) is 4.90 Å². The van der Waals surface area contributed by atoms with Crippen LogP contribution < -0.4 is 4.90 Å². The Labute approximate surface area is 141 Å². The molecule has 1 aliphatic rings. The van der Waals surface area contributed by atoms with Gasteiger partial charge in [0, 0.05) is 17.1 Å². The number of hydrogen-bond acceptors (Lipinski definition) is 5. The van der Waals surface area contributed by atoms with Crippen molar-refractivity contribution in [3.63, 3.8) is 0 Å². The van der Waals surface area contributed by atoms with Crippen molar-refractivity contribution in [3.05, 3.63) is 75.5 Å². The highest BCUT2D eigenvalue weighted by atomic mass is 16.6. The summed E-state index contributed by atoms with van der Waals surface area (Å²) in [6.07, 6.45) is 0. The van der Waals surface area contributed by atoms with Gasteiger partial charge in [0.25, 0.3) is 17.5 Å². The first kappa shape index (κ1) is 14.9. The van der Waals surface area contributed by atoms with Crippen LogP contribution in [0.15, 0.2) is 48.5 Å². The zero-order valence-corrected chi connectivity index (χ0v) is 13.1. The lowest BCUT2D eigenvalue weighted by Gasteiger charge is -2.17. The molecule has 3 aromatic rings. The molecule has 0 saturated carbocycles. The molecule has 0 atom stereocenters. The molecule has 2 aromatic carbocycles. The largest absolute Gasteiger partial charge is 0.283 e. The number of pyridine rings is 1. The number of hydrogen-bond donors (Lipinski definition) is 0. The molecule has 4 rings (SSSR count). The third-order valence-electron chi connectivity index (χ3n) is 4.15. The minimum Gasteiger partial charge on any atom is -0.268 e. The second kappa shape index (κ2) is 5.20. The molecule has 2 amide bonds. The molecule has 25 heavy (non-hydrogen) atoms. The lowest BCUT2D eigenvalue weighted by molar-refractivity contribution is -0.385. The van der Waals surface area contributed by atoms with Crippen molar-refractivity contribution in [1.29, 1.82) is 0 Å². The lowest BCUT2D eigenvalue weighted by atomic mass is 10.1. The summed E-state index contributed by atoms with van der Waals surface area (Å²) in [5.74, 6) is -1.26. The first-order valence-corrected chi connectivity index (χ1v) is 7.51. The molecule has 7 nitrogen and oxygen atoms in total. The molecule has 0 radical (unpaired) electrons. The van der Waals surface area contributed by atoms with Crippen LogP contribution in [0.4, 0.5) is 11.4 Å². The van der Waals surface area contributed by atoms with Crippen molar-refractivity contribution >= 4 is 34.1 Å². The molecule has 0 aliphatic carbocycles. The summed E-state index contributed by atoms with van der Waals surface area (Å²) in [5, 5.41) is 11.9. The average molecular weight is 333 g/mol. The zero-order valence-electron chi connectivity index (χ0n) is 13.1. The van der Waals surface area contributed by atoms with Crippen LogP contribution in [-0.2, 0) is 0 Å². The van der Waals surface area contributed by atoms with Crippen molar-refractivity contribution < 1.29 is 14.5 Å². The Morgan fingerprint density at radius 2 is 1.80 bits per heavy atom. The van der Waals surface area contributed by atoms with Gasteiger partial charge in [-0.05, 0) is 25.1 Å². The predicted octanol–water partition coefficient (Wildman–Crippen LogP) is 3.25. The summed E-state index contributed by atoms with van der Waals surface area (Å²) in [6, 6.07) is 12.8. The monoisotopic (exact) mass is 333 g/mol. The van der Waals surface area contributed by atoms with Crippen molar-refractivity contribution in [2.45, 2.75) is 6.92 Å². The summed E-state index contributed by atoms with van der Waals surface area (Å²) in [6.45, 7) is 1.76. The van der Waals surface area contributed by atoms with E-state index in [2.05, 4.69) is 4.98 Å². The highest BCUT2D eigenvalue weighted by molar-refractivity contribution is 6.37. The molecule has 2 heterocycles. The van der Waals surface area contributed by atoms with Crippen LogP contribution in [0.1, 0.15) is 26.4 Å². The molecule has 122 valence electrons. The van der Waals surface area contributed by atoms with Gasteiger partial charge in [0.1, 0.15) is 5.56 Å². The molecule has 1 aliphatic heterocycles. The number of benzene rings is 2. The number of anilines is 1. The molecular weight excluding hydrogens is 322 g/mol. The Morgan fingerprint density at radius 3 is 2.56 bits per heavy atom. The zero-order chi connectivity index (χ0) is 17.7. The van der Waals surface area contributed by atoms with E-state index in [9.17, 15) is 19.7 Å². The van der Waals surface area contributed by atoms with E-state index in [1.54, 1.807) is 31.2 Å². The number of nitro benzene ring substituents is 1. The van der Waals surface area contributed by atoms with E-state index in [-0.39, 0.29) is 16.8 Å². The molecule has 0 spiro atoms. The predicted molar refractivity (Wildman–Crippen MR) is 90.7 cm³/mol. The fraction of sp³-hybridized carbons (Fsp3) is 0.0556. The van der Waals surface area contributed by atoms with Gasteiger partial charge in [0.15, 0.2) is 0 Å². The lowest BCUT2D eigenvalue weighted by Crippen LogP contribution is -2.29. The Balaban J connectivity index is 1.98. The van der Waals surface area contributed by atoms with Gasteiger partial charge in [0.05, 0.1) is 21.7 Å². The van der Waals surface area contributed by atoms with E-state index >= 15 is 0 Å². The van der Waals surface area contributed by atoms with Gasteiger partial charge in [-0.1, -0.05) is 24.3 Å². The number of amides is 2. The maximum Gasteiger partial charge on any atom is 0.283 e. The number of fused-ring (bicyclic) bond motifs is 2. The first-order valence-electron chi connectivity index (χ1n) is 7.51. The van der Waals surface area contributed by atoms with E-state index in [0.29, 0.717) is 22.3 Å². The van der Waals surface area contributed by atoms with E-state index in [4.69, 9.17) is 0 Å². The number of carbonyl (C=O) groups is 2. The molecule has 0 N–H and O–H groups in total. The molecule has 0 saturated heterocycles. The van der Waals surface area contributed by atoms with Gasteiger partial charge in [-0.25, -0.2) is 4.90 Å². The molecular formula is C18H11N3O4. The number of nitro groups is 1. The highest BCUT2D eigenvalue weighted by Gasteiger charge is 2.42. The van der Waals surface area contributed by atoms with Crippen molar-refractivity contribution in [3.8, 4) is 0 Å². The number of aromatic nitrogens is 1. The van der Waals surface area contributed by atoms with Gasteiger partial charge < -0.3 is 0 Å². The van der Waals surface area contributed by atoms with E-state index in [1.807, 2.05) is 6.07 Å². The fourth-order valence-electron chi connectivity index (χ4n) is 3.11. The van der Waals surface area contributed by atoms with Crippen LogP contribution in [0, 0.1) is 17.0 Å². The van der Waals surface area contributed by atoms with Crippen LogP contribution in [0.5, 0.6) is 0 Å². The Kier molecular flexibility index (Phi) is 3.11. The van der Waals surface area contributed by atoms with Crippen molar-refractivity contribution in [2.75, 3.05) is 4.90 Å². The quantitative estimate of drug-likeness (QED) is 0.408. The SMILES string of the molecule is Cc1cc(N2C(=O)c3cccc([N+](=O)[O-])c3C2=O)c2ccccc2n1. The molecule has 0 fully saturated rings. The van der Waals surface area contributed by atoms with Gasteiger partial charge in [-0.3, -0.25) is 24.7 Å². The van der Waals surface area contributed by atoms with Crippen LogP contribution in [0.3, 0.4) is 0 Å². The highest BCUT2D eigenvalue weighted by Crippen LogP contribution is 2.36. The van der Waals surface area contributed by atoms with Crippen molar-refractivity contribution in [2.24, 2.45) is 0 Å². The average Bonchev–Trinajstić information content (AvgIpc) is 2.85. The number of carbonyl (C=O) groups excluding carboxylic acids is 2. The number of aryl methyl sites for hydroxylation is 1. The van der Waals surface area contributed by atoms with Crippen molar-refractivity contribution in [1.82, 2.24) is 4.98 Å². The van der Waals surface area contributed by atoms with E-state index < -0.39 is 16.7 Å². The van der Waals surface area contributed by atoms with Crippen LogP contribution >= 0.6 is 0 Å². The second-order valence-electron chi connectivity index (χ2n) is 5.70. The Morgan fingerprint density at radius 1 is 1.04 bits per heavy atom. The van der Waals surface area contributed by atoms with Crippen LogP contribution in [0.25, 0.3) is 10.9 Å². The molecule has 0 bridgehead atoms. The third kappa shape index (κ3) is 2.09. The first-order chi connectivity index (χ1) is 12.0. The topological polar surface area (TPSA) is 93.4 Å². The summed E-state index contributed by atoms with van der Waals surface area (Å²) in [5.41, 5.74) is 1.16. The third-order valence-corrected chi connectivity index (χ3v) is 4.15. The Hall–Kier alpha value is -3.61. The Bertz CT molecular complexity index is 1090. The smallest absolute Gasteiger partial charge is 0.268 e. The normalized spacial score (nSPS) is 13.4. The summed E-state index contributed by atoms with van der Waals surface area (Å²) in [4.78, 5) is 41.6. The second-order valence-corrected chi connectivity index (χ2v) is 5.70. The summed E-state index contributed by atoms with van der Waals surface area (Å²) >= 11 is 0. The van der Waals surface area contributed by atoms with Gasteiger partial charge in [0.2, 0.25) is 0 Å². The summed E-state index contributed by atoms with van der Waals surface area (Å²) in [7, 11) is 0. The standard InChI is InChI=1S/C18H11N3O4/c1-10-9-15(11-5-2-3-7-13(11)19-10)20-17(22)12-6-4-8-14(21(24)25)16(12)18(20)23/h2-9H,1H3. The number of nitrogens with zero attached hydrogens (tertiary/aromatic N) is 3. The van der Waals surface area contributed by atoms with Crippen LogP contribution in [-0.4, -0.2) is 21.7 Å². The van der Waals surface area contributed by atoms with Gasteiger partial charge >= 0.3 is 0 Å². The molecule has 1 aromatic heterocycles. The minimum absolute atomic E-state index is 0.0396. The number of imide groups is 1. The number of rotatable bonds is 2. The van der Waals surface area contributed by atoms with Gasteiger partial charge in [-0.2, -0.15) is 0 Å². The molecule has 7 heteroatoms. The fourth-order valence-corrected chi connectivity index (χ4v) is 3.11. The van der Waals surface area contributed by atoms with Gasteiger partial charge in [-0.15, -0.1) is 0 Å².